The number of nitrogens with zero attached hydrogens (tertiary/aromatic N) is 2. The van der Waals surface area contributed by atoms with Gasteiger partial charge in [-0.15, -0.1) is 0 Å². The highest BCUT2D eigenvalue weighted by Crippen LogP contribution is 2.12. The van der Waals surface area contributed by atoms with E-state index in [-0.39, 0.29) is 0 Å². The van der Waals surface area contributed by atoms with Crippen LogP contribution in [0.25, 0.3) is 0 Å². The first-order chi connectivity index (χ1) is 10.1. The molecule has 0 radical (unpaired) electrons. The number of hydrogen-bond acceptors (Lipinski definition) is 5. The fraction of sp³-hybridized carbons (Fsp3) is 0.938. The van der Waals surface area contributed by atoms with E-state index in [1.807, 2.05) is 27.8 Å². The van der Waals surface area contributed by atoms with E-state index in [4.69, 9.17) is 14.7 Å². The molecule has 5 heteroatoms. The minimum absolute atomic E-state index is 0.401. The lowest BCUT2D eigenvalue weighted by atomic mass is 9.97. The third-order valence-corrected chi connectivity index (χ3v) is 3.71. The fourth-order valence-corrected chi connectivity index (χ4v) is 2.06. The van der Waals surface area contributed by atoms with Crippen molar-refractivity contribution in [3.8, 4) is 6.07 Å². The average molecular weight is 299 g/mol. The standard InChI is InChI=1S/C16H33N3O2/c1-5-20-13-11-19(12-14-21-6-2)10-8-7-9-16(3,15-17)18-4/h18H,5-14H2,1-4H3. The molecule has 1 N–H and O–H groups in total. The van der Waals surface area contributed by atoms with Crippen LogP contribution in [0.2, 0.25) is 0 Å². The van der Waals surface area contributed by atoms with Crippen molar-refractivity contribution >= 4 is 0 Å². The van der Waals surface area contributed by atoms with E-state index in [1.54, 1.807) is 0 Å². The molecule has 0 aliphatic carbocycles. The average Bonchev–Trinajstić information content (AvgIpc) is 2.51. The minimum Gasteiger partial charge on any atom is -0.380 e. The van der Waals surface area contributed by atoms with Crippen molar-refractivity contribution in [2.45, 2.75) is 45.6 Å². The number of unbranched alkanes of at least 4 members (excludes halogenated alkanes) is 1. The molecule has 5 nitrogen and oxygen atoms in total. The highest BCUT2D eigenvalue weighted by atomic mass is 16.5. The van der Waals surface area contributed by atoms with Crippen LogP contribution in [0.3, 0.4) is 0 Å². The second-order valence-electron chi connectivity index (χ2n) is 5.39. The molecule has 0 aliphatic rings. The third kappa shape index (κ3) is 10.7. The number of rotatable bonds is 14. The molecule has 0 aliphatic heterocycles. The maximum atomic E-state index is 9.12. The van der Waals surface area contributed by atoms with Gasteiger partial charge in [0.15, 0.2) is 0 Å². The summed E-state index contributed by atoms with van der Waals surface area (Å²) in [5.41, 5.74) is -0.401. The quantitative estimate of drug-likeness (QED) is 0.497. The first-order valence-electron chi connectivity index (χ1n) is 8.09. The molecule has 0 aromatic rings. The van der Waals surface area contributed by atoms with Crippen LogP contribution >= 0.6 is 0 Å². The van der Waals surface area contributed by atoms with Crippen LogP contribution in [0.15, 0.2) is 0 Å². The summed E-state index contributed by atoms with van der Waals surface area (Å²) in [5, 5.41) is 12.2. The van der Waals surface area contributed by atoms with E-state index in [1.165, 1.54) is 0 Å². The Morgan fingerprint density at radius 1 is 1.05 bits per heavy atom. The van der Waals surface area contributed by atoms with E-state index in [2.05, 4.69) is 16.3 Å². The topological polar surface area (TPSA) is 57.5 Å². The Balaban J connectivity index is 3.95. The Kier molecular flexibility index (Phi) is 12.6. The van der Waals surface area contributed by atoms with Gasteiger partial charge in [0.25, 0.3) is 0 Å². The summed E-state index contributed by atoms with van der Waals surface area (Å²) in [7, 11) is 1.85. The van der Waals surface area contributed by atoms with Gasteiger partial charge in [0.2, 0.25) is 0 Å². The van der Waals surface area contributed by atoms with Crippen molar-refractivity contribution in [2.24, 2.45) is 0 Å². The molecule has 0 fully saturated rings. The second-order valence-corrected chi connectivity index (χ2v) is 5.39. The van der Waals surface area contributed by atoms with E-state index >= 15 is 0 Å². The lowest BCUT2D eigenvalue weighted by molar-refractivity contribution is 0.0818. The van der Waals surface area contributed by atoms with Crippen molar-refractivity contribution in [2.75, 3.05) is 53.1 Å². The first-order valence-corrected chi connectivity index (χ1v) is 8.09. The maximum Gasteiger partial charge on any atom is 0.103 e. The molecule has 0 spiro atoms. The predicted octanol–water partition coefficient (Wildman–Crippen LogP) is 2.03. The van der Waals surface area contributed by atoms with Crippen LogP contribution in [-0.2, 0) is 9.47 Å². The first kappa shape index (κ1) is 20.3. The summed E-state index contributed by atoms with van der Waals surface area (Å²) in [6.07, 6.45) is 3.02. The van der Waals surface area contributed by atoms with Gasteiger partial charge in [-0.05, 0) is 53.6 Å². The maximum absolute atomic E-state index is 9.12. The van der Waals surface area contributed by atoms with Gasteiger partial charge in [0.1, 0.15) is 5.54 Å². The number of ether oxygens (including phenoxy) is 2. The fourth-order valence-electron chi connectivity index (χ4n) is 2.06. The van der Waals surface area contributed by atoms with Gasteiger partial charge in [-0.25, -0.2) is 0 Å². The molecule has 0 saturated heterocycles. The Hall–Kier alpha value is -0.670. The molecule has 0 rings (SSSR count). The van der Waals surface area contributed by atoms with Crippen LogP contribution in [0.1, 0.15) is 40.0 Å². The van der Waals surface area contributed by atoms with Crippen LogP contribution < -0.4 is 5.32 Å². The zero-order chi connectivity index (χ0) is 16.0. The van der Waals surface area contributed by atoms with Gasteiger partial charge >= 0.3 is 0 Å². The largest absolute Gasteiger partial charge is 0.380 e. The molecule has 0 bridgehead atoms. The van der Waals surface area contributed by atoms with E-state index < -0.39 is 5.54 Å². The van der Waals surface area contributed by atoms with Gasteiger partial charge in [-0.3, -0.25) is 4.90 Å². The van der Waals surface area contributed by atoms with Gasteiger partial charge in [-0.2, -0.15) is 5.26 Å². The second kappa shape index (κ2) is 13.0. The van der Waals surface area contributed by atoms with E-state index in [0.717, 1.165) is 65.3 Å². The third-order valence-electron chi connectivity index (χ3n) is 3.71. The number of nitriles is 1. The Bertz CT molecular complexity index is 271. The zero-order valence-electron chi connectivity index (χ0n) is 14.3. The van der Waals surface area contributed by atoms with Gasteiger partial charge in [0, 0.05) is 26.3 Å². The summed E-state index contributed by atoms with van der Waals surface area (Å²) in [6.45, 7) is 12.0. The summed E-state index contributed by atoms with van der Waals surface area (Å²) >= 11 is 0. The van der Waals surface area contributed by atoms with Crippen LogP contribution in [-0.4, -0.2) is 63.5 Å². The van der Waals surface area contributed by atoms with E-state index in [0.29, 0.717) is 0 Å². The highest BCUT2D eigenvalue weighted by molar-refractivity contribution is 5.02. The smallest absolute Gasteiger partial charge is 0.103 e. The molecule has 0 saturated carbocycles. The van der Waals surface area contributed by atoms with Gasteiger partial charge < -0.3 is 14.8 Å². The van der Waals surface area contributed by atoms with E-state index in [9.17, 15) is 0 Å². The summed E-state index contributed by atoms with van der Waals surface area (Å²) < 4.78 is 10.9. The van der Waals surface area contributed by atoms with Gasteiger partial charge in [0.05, 0.1) is 19.3 Å². The molecule has 1 atom stereocenters. The molecular formula is C16H33N3O2. The molecule has 0 amide bonds. The highest BCUT2D eigenvalue weighted by Gasteiger charge is 2.20. The van der Waals surface area contributed by atoms with Crippen molar-refractivity contribution in [1.82, 2.24) is 10.2 Å². The molecular weight excluding hydrogens is 266 g/mol. The molecule has 0 aromatic heterocycles. The summed E-state index contributed by atoms with van der Waals surface area (Å²) in [6, 6.07) is 2.34. The minimum atomic E-state index is -0.401. The monoisotopic (exact) mass is 299 g/mol. The normalized spacial score (nSPS) is 14.1. The van der Waals surface area contributed by atoms with Gasteiger partial charge in [-0.1, -0.05) is 0 Å². The van der Waals surface area contributed by atoms with Crippen molar-refractivity contribution < 1.29 is 9.47 Å². The number of hydrogen-bond donors (Lipinski definition) is 1. The Labute approximate surface area is 130 Å². The Morgan fingerprint density at radius 3 is 2.05 bits per heavy atom. The van der Waals surface area contributed by atoms with Crippen LogP contribution in [0.4, 0.5) is 0 Å². The Morgan fingerprint density at radius 2 is 1.62 bits per heavy atom. The zero-order valence-corrected chi connectivity index (χ0v) is 14.3. The van der Waals surface area contributed by atoms with Crippen molar-refractivity contribution in [3.63, 3.8) is 0 Å². The van der Waals surface area contributed by atoms with Crippen molar-refractivity contribution in [3.05, 3.63) is 0 Å². The molecule has 21 heavy (non-hydrogen) atoms. The van der Waals surface area contributed by atoms with Crippen LogP contribution in [0, 0.1) is 11.3 Å². The molecule has 1 unspecified atom stereocenters. The number of nitrogens with one attached hydrogen (secondary N) is 1. The molecule has 0 aromatic carbocycles. The summed E-state index contributed by atoms with van der Waals surface area (Å²) in [4.78, 5) is 2.38. The predicted molar refractivity (Wildman–Crippen MR) is 86.4 cm³/mol. The lowest BCUT2D eigenvalue weighted by Crippen LogP contribution is -2.38. The SMILES string of the molecule is CCOCCN(CCCCC(C)(C#N)NC)CCOCC. The summed E-state index contributed by atoms with van der Waals surface area (Å²) in [5.74, 6) is 0. The molecule has 124 valence electrons. The van der Waals surface area contributed by atoms with Crippen LogP contribution in [0.5, 0.6) is 0 Å². The van der Waals surface area contributed by atoms with Crippen molar-refractivity contribution in [1.29, 1.82) is 5.26 Å². The molecule has 0 heterocycles. The lowest BCUT2D eigenvalue weighted by Gasteiger charge is -2.24.